The van der Waals surface area contributed by atoms with Gasteiger partial charge < -0.3 is 5.32 Å². The standard InChI is InChI=1S/C18H21ClFN/c1-5-21-13(4)15-7-6-14(20)10-16(15)17-8-11(2)12(3)9-18(17)19/h6-10,13,21H,5H2,1-4H3. The molecule has 0 radical (unpaired) electrons. The van der Waals surface area contributed by atoms with E-state index in [1.807, 2.05) is 32.0 Å². The first-order valence-electron chi connectivity index (χ1n) is 7.24. The average Bonchev–Trinajstić information content (AvgIpc) is 2.43. The highest BCUT2D eigenvalue weighted by Gasteiger charge is 2.15. The maximum absolute atomic E-state index is 13.7. The zero-order valence-electron chi connectivity index (χ0n) is 12.9. The zero-order valence-corrected chi connectivity index (χ0v) is 13.7. The summed E-state index contributed by atoms with van der Waals surface area (Å²) in [5.41, 5.74) is 5.10. The second-order valence-electron chi connectivity index (χ2n) is 5.43. The van der Waals surface area contributed by atoms with Gasteiger partial charge in [0.2, 0.25) is 0 Å². The SMILES string of the molecule is CCNC(C)c1ccc(F)cc1-c1cc(C)c(C)cc1Cl. The lowest BCUT2D eigenvalue weighted by Crippen LogP contribution is -2.18. The molecule has 0 saturated heterocycles. The van der Waals surface area contributed by atoms with E-state index < -0.39 is 0 Å². The highest BCUT2D eigenvalue weighted by molar-refractivity contribution is 6.33. The molecule has 21 heavy (non-hydrogen) atoms. The predicted octanol–water partition coefficient (Wildman–Crippen LogP) is 5.43. The summed E-state index contributed by atoms with van der Waals surface area (Å²) in [6.07, 6.45) is 0. The second kappa shape index (κ2) is 6.59. The summed E-state index contributed by atoms with van der Waals surface area (Å²) in [7, 11) is 0. The van der Waals surface area contributed by atoms with Gasteiger partial charge in [0.25, 0.3) is 0 Å². The Morgan fingerprint density at radius 1 is 1.10 bits per heavy atom. The maximum Gasteiger partial charge on any atom is 0.123 e. The molecule has 0 amide bonds. The Morgan fingerprint density at radius 3 is 2.43 bits per heavy atom. The van der Waals surface area contributed by atoms with Crippen molar-refractivity contribution >= 4 is 11.6 Å². The van der Waals surface area contributed by atoms with Gasteiger partial charge in [-0.05, 0) is 73.8 Å². The first kappa shape index (κ1) is 16.0. The molecule has 0 aromatic heterocycles. The van der Waals surface area contributed by atoms with E-state index in [1.165, 1.54) is 6.07 Å². The number of hydrogen-bond acceptors (Lipinski definition) is 1. The van der Waals surface area contributed by atoms with Gasteiger partial charge in [0.05, 0.1) is 0 Å². The third-order valence-electron chi connectivity index (χ3n) is 3.87. The minimum absolute atomic E-state index is 0.142. The summed E-state index contributed by atoms with van der Waals surface area (Å²) in [5.74, 6) is -0.244. The predicted molar refractivity (Wildman–Crippen MR) is 88.4 cm³/mol. The normalized spacial score (nSPS) is 12.5. The Hall–Kier alpha value is -1.38. The van der Waals surface area contributed by atoms with Crippen molar-refractivity contribution in [2.24, 2.45) is 0 Å². The third-order valence-corrected chi connectivity index (χ3v) is 4.18. The zero-order chi connectivity index (χ0) is 15.6. The molecular weight excluding hydrogens is 285 g/mol. The Kier molecular flexibility index (Phi) is 5.02. The number of halogens is 2. The van der Waals surface area contributed by atoms with Crippen molar-refractivity contribution in [3.8, 4) is 11.1 Å². The lowest BCUT2D eigenvalue weighted by atomic mass is 9.93. The number of benzene rings is 2. The van der Waals surface area contributed by atoms with Crippen molar-refractivity contribution in [3.63, 3.8) is 0 Å². The van der Waals surface area contributed by atoms with Gasteiger partial charge in [0.1, 0.15) is 5.82 Å². The van der Waals surface area contributed by atoms with E-state index in [4.69, 9.17) is 11.6 Å². The van der Waals surface area contributed by atoms with Gasteiger partial charge in [-0.25, -0.2) is 4.39 Å². The van der Waals surface area contributed by atoms with E-state index in [0.717, 1.165) is 34.4 Å². The Balaban J connectivity index is 2.62. The largest absolute Gasteiger partial charge is 0.310 e. The van der Waals surface area contributed by atoms with E-state index in [0.29, 0.717) is 5.02 Å². The fourth-order valence-electron chi connectivity index (χ4n) is 2.54. The molecule has 1 atom stereocenters. The minimum Gasteiger partial charge on any atom is -0.310 e. The number of nitrogens with one attached hydrogen (secondary N) is 1. The van der Waals surface area contributed by atoms with Crippen LogP contribution in [0.1, 0.15) is 36.6 Å². The van der Waals surface area contributed by atoms with Crippen LogP contribution < -0.4 is 5.32 Å². The van der Waals surface area contributed by atoms with Gasteiger partial charge >= 0.3 is 0 Å². The molecule has 1 N–H and O–H groups in total. The number of hydrogen-bond donors (Lipinski definition) is 1. The van der Waals surface area contributed by atoms with Crippen LogP contribution in [0.15, 0.2) is 30.3 Å². The fraction of sp³-hybridized carbons (Fsp3) is 0.333. The molecule has 0 fully saturated rings. The first-order valence-corrected chi connectivity index (χ1v) is 7.61. The Morgan fingerprint density at radius 2 is 1.76 bits per heavy atom. The molecule has 2 aromatic carbocycles. The Bertz CT molecular complexity index is 652. The van der Waals surface area contributed by atoms with E-state index in [2.05, 4.69) is 19.2 Å². The third kappa shape index (κ3) is 3.45. The van der Waals surface area contributed by atoms with Crippen molar-refractivity contribution in [1.82, 2.24) is 5.32 Å². The molecule has 3 heteroatoms. The minimum atomic E-state index is -0.244. The van der Waals surface area contributed by atoms with E-state index >= 15 is 0 Å². The summed E-state index contributed by atoms with van der Waals surface area (Å²) in [5, 5.41) is 4.03. The van der Waals surface area contributed by atoms with Gasteiger partial charge in [-0.1, -0.05) is 24.6 Å². The number of rotatable bonds is 4. The molecule has 0 aliphatic carbocycles. The Labute approximate surface area is 131 Å². The van der Waals surface area contributed by atoms with Crippen LogP contribution in [0, 0.1) is 19.7 Å². The number of aryl methyl sites for hydroxylation is 2. The molecule has 2 aromatic rings. The van der Waals surface area contributed by atoms with E-state index in [1.54, 1.807) is 6.07 Å². The van der Waals surface area contributed by atoms with Crippen molar-refractivity contribution in [1.29, 1.82) is 0 Å². The molecule has 1 nitrogen and oxygen atoms in total. The molecular formula is C18H21ClFN. The lowest BCUT2D eigenvalue weighted by molar-refractivity contribution is 0.593. The summed E-state index contributed by atoms with van der Waals surface area (Å²) >= 11 is 6.40. The molecule has 2 rings (SSSR count). The van der Waals surface area contributed by atoms with Gasteiger partial charge in [-0.3, -0.25) is 0 Å². The van der Waals surface area contributed by atoms with Crippen molar-refractivity contribution in [2.75, 3.05) is 6.54 Å². The van der Waals surface area contributed by atoms with Crippen LogP contribution in [0.4, 0.5) is 4.39 Å². The summed E-state index contributed by atoms with van der Waals surface area (Å²) < 4.78 is 13.7. The van der Waals surface area contributed by atoms with Gasteiger partial charge in [-0.2, -0.15) is 0 Å². The summed E-state index contributed by atoms with van der Waals surface area (Å²) in [4.78, 5) is 0. The first-order chi connectivity index (χ1) is 9.93. The van der Waals surface area contributed by atoms with Gasteiger partial charge in [0, 0.05) is 16.6 Å². The molecule has 112 valence electrons. The average molecular weight is 306 g/mol. The highest BCUT2D eigenvalue weighted by atomic mass is 35.5. The topological polar surface area (TPSA) is 12.0 Å². The molecule has 1 unspecified atom stereocenters. The molecule has 0 heterocycles. The van der Waals surface area contributed by atoms with Gasteiger partial charge in [0.15, 0.2) is 0 Å². The molecule has 0 saturated carbocycles. The molecule has 0 spiro atoms. The molecule has 0 aliphatic heterocycles. The van der Waals surface area contributed by atoms with E-state index in [-0.39, 0.29) is 11.9 Å². The van der Waals surface area contributed by atoms with Crippen LogP contribution in [0.25, 0.3) is 11.1 Å². The quantitative estimate of drug-likeness (QED) is 0.794. The van der Waals surface area contributed by atoms with Crippen LogP contribution in [0.2, 0.25) is 5.02 Å². The van der Waals surface area contributed by atoms with E-state index in [9.17, 15) is 4.39 Å². The fourth-order valence-corrected chi connectivity index (χ4v) is 2.86. The lowest BCUT2D eigenvalue weighted by Gasteiger charge is -2.19. The van der Waals surface area contributed by atoms with Crippen molar-refractivity contribution < 1.29 is 4.39 Å². The second-order valence-corrected chi connectivity index (χ2v) is 5.83. The van der Waals surface area contributed by atoms with Crippen LogP contribution in [-0.4, -0.2) is 6.54 Å². The maximum atomic E-state index is 13.7. The monoisotopic (exact) mass is 305 g/mol. The summed E-state index contributed by atoms with van der Waals surface area (Å²) in [6, 6.07) is 9.03. The molecule has 0 aliphatic rings. The van der Waals surface area contributed by atoms with Crippen molar-refractivity contribution in [3.05, 3.63) is 57.9 Å². The summed E-state index contributed by atoms with van der Waals surface area (Å²) in [6.45, 7) is 9.07. The van der Waals surface area contributed by atoms with Crippen LogP contribution in [0.5, 0.6) is 0 Å². The van der Waals surface area contributed by atoms with Crippen LogP contribution >= 0.6 is 11.6 Å². The van der Waals surface area contributed by atoms with Crippen LogP contribution in [-0.2, 0) is 0 Å². The van der Waals surface area contributed by atoms with Crippen LogP contribution in [0.3, 0.4) is 0 Å². The molecule has 0 bridgehead atoms. The van der Waals surface area contributed by atoms with Crippen molar-refractivity contribution in [2.45, 2.75) is 33.7 Å². The smallest absolute Gasteiger partial charge is 0.123 e. The van der Waals surface area contributed by atoms with Gasteiger partial charge in [-0.15, -0.1) is 0 Å². The highest BCUT2D eigenvalue weighted by Crippen LogP contribution is 2.35.